The van der Waals surface area contributed by atoms with Crippen LogP contribution in [0.3, 0.4) is 0 Å². The predicted molar refractivity (Wildman–Crippen MR) is 181 cm³/mol. The molecule has 14 heteroatoms. The van der Waals surface area contributed by atoms with Gasteiger partial charge in [-0.1, -0.05) is 48.5 Å². The SMILES string of the molecule is CCOC(=O)N1CCN(C(=O)C(CCC(=O)OC(C)(C)C)NC(=O)c2cc(O[C@@H](C)C(=O)OCc3ccccc3)n(-c3ccccc3)n2)CC1. The number of esters is 2. The molecule has 1 saturated heterocycles. The van der Waals surface area contributed by atoms with Gasteiger partial charge in [-0.2, -0.15) is 5.10 Å². The average Bonchev–Trinajstić information content (AvgIpc) is 3.52. The van der Waals surface area contributed by atoms with Crippen LogP contribution in [-0.2, 0) is 35.2 Å². The number of aromatic nitrogens is 2. The van der Waals surface area contributed by atoms with Gasteiger partial charge >= 0.3 is 18.0 Å². The van der Waals surface area contributed by atoms with Crippen molar-refractivity contribution < 1.29 is 42.9 Å². The highest BCUT2D eigenvalue weighted by atomic mass is 16.6. The van der Waals surface area contributed by atoms with Crippen LogP contribution in [0, 0.1) is 0 Å². The van der Waals surface area contributed by atoms with Crippen LogP contribution in [0.15, 0.2) is 66.7 Å². The monoisotopic (exact) mass is 691 g/mol. The Morgan fingerprint density at radius 1 is 0.880 bits per heavy atom. The van der Waals surface area contributed by atoms with Crippen molar-refractivity contribution in [1.82, 2.24) is 24.9 Å². The highest BCUT2D eigenvalue weighted by Gasteiger charge is 2.32. The number of hydrogen-bond acceptors (Lipinski definition) is 10. The molecule has 50 heavy (non-hydrogen) atoms. The molecule has 1 unspecified atom stereocenters. The number of ether oxygens (including phenoxy) is 4. The highest BCUT2D eigenvalue weighted by Crippen LogP contribution is 2.22. The molecule has 1 aliphatic heterocycles. The molecular formula is C36H45N5O9. The molecule has 268 valence electrons. The fourth-order valence-corrected chi connectivity index (χ4v) is 5.08. The highest BCUT2D eigenvalue weighted by molar-refractivity contribution is 5.96. The molecule has 0 radical (unpaired) electrons. The molecule has 14 nitrogen and oxygen atoms in total. The van der Waals surface area contributed by atoms with Gasteiger partial charge in [0, 0.05) is 38.7 Å². The Kier molecular flexibility index (Phi) is 13.0. The van der Waals surface area contributed by atoms with Gasteiger partial charge in [0.2, 0.25) is 11.8 Å². The molecule has 2 atom stereocenters. The maximum Gasteiger partial charge on any atom is 0.409 e. The van der Waals surface area contributed by atoms with E-state index < -0.39 is 47.6 Å². The van der Waals surface area contributed by atoms with E-state index in [1.54, 1.807) is 52.0 Å². The molecule has 0 saturated carbocycles. The molecule has 1 aliphatic rings. The maximum absolute atomic E-state index is 13.8. The Morgan fingerprint density at radius 3 is 2.12 bits per heavy atom. The normalized spacial score (nSPS) is 14.3. The Labute approximate surface area is 291 Å². The second-order valence-electron chi connectivity index (χ2n) is 12.6. The lowest BCUT2D eigenvalue weighted by molar-refractivity contribution is -0.155. The summed E-state index contributed by atoms with van der Waals surface area (Å²) in [6, 6.07) is 18.4. The van der Waals surface area contributed by atoms with Crippen molar-refractivity contribution in [2.24, 2.45) is 0 Å². The average molecular weight is 692 g/mol. The van der Waals surface area contributed by atoms with Gasteiger partial charge < -0.3 is 34.1 Å². The zero-order chi connectivity index (χ0) is 36.3. The number of carbonyl (C=O) groups excluding carboxylic acids is 5. The van der Waals surface area contributed by atoms with Crippen molar-refractivity contribution in [3.05, 3.63) is 78.0 Å². The Bertz CT molecular complexity index is 1610. The van der Waals surface area contributed by atoms with E-state index >= 15 is 0 Å². The molecule has 2 aromatic carbocycles. The van der Waals surface area contributed by atoms with E-state index in [1.165, 1.54) is 27.5 Å². The Balaban J connectivity index is 1.51. The quantitative estimate of drug-likeness (QED) is 0.206. The number of para-hydroxylation sites is 1. The lowest BCUT2D eigenvalue weighted by Crippen LogP contribution is -2.56. The maximum atomic E-state index is 13.8. The van der Waals surface area contributed by atoms with Crippen LogP contribution in [0.25, 0.3) is 5.69 Å². The summed E-state index contributed by atoms with van der Waals surface area (Å²) in [5.74, 6) is -2.15. The fraction of sp³-hybridized carbons (Fsp3) is 0.444. The van der Waals surface area contributed by atoms with Crippen molar-refractivity contribution in [2.75, 3.05) is 32.8 Å². The number of piperazine rings is 1. The zero-order valence-electron chi connectivity index (χ0n) is 29.1. The van der Waals surface area contributed by atoms with E-state index in [0.29, 0.717) is 5.69 Å². The topological polar surface area (TPSA) is 159 Å². The molecule has 0 bridgehead atoms. The standard InChI is InChI=1S/C36H45N5O9/c1-6-47-35(46)40-21-19-39(20-22-40)33(44)28(17-18-31(42)50-36(3,4)5)37-32(43)29-23-30(41(38-29)27-15-11-8-12-16-27)49-25(2)34(45)48-24-26-13-9-7-10-14-26/h7-16,23,25,28H,6,17-22,24H2,1-5H3,(H,37,43)/t25-,28?/m0/s1. The summed E-state index contributed by atoms with van der Waals surface area (Å²) in [5, 5.41) is 7.20. The number of nitrogens with one attached hydrogen (secondary N) is 1. The summed E-state index contributed by atoms with van der Waals surface area (Å²) in [6.45, 7) is 9.72. The van der Waals surface area contributed by atoms with E-state index in [9.17, 15) is 24.0 Å². The van der Waals surface area contributed by atoms with Gasteiger partial charge in [-0.15, -0.1) is 0 Å². The van der Waals surface area contributed by atoms with Gasteiger partial charge in [0.25, 0.3) is 5.91 Å². The first-order valence-electron chi connectivity index (χ1n) is 16.6. The van der Waals surface area contributed by atoms with E-state index in [0.717, 1.165) is 5.56 Å². The van der Waals surface area contributed by atoms with Crippen molar-refractivity contribution in [2.45, 2.75) is 71.8 Å². The molecule has 2 heterocycles. The smallest absolute Gasteiger partial charge is 0.409 e. The van der Waals surface area contributed by atoms with Crippen LogP contribution in [0.4, 0.5) is 4.79 Å². The number of rotatable bonds is 13. The molecule has 0 aliphatic carbocycles. The van der Waals surface area contributed by atoms with Crippen LogP contribution in [-0.4, -0.2) is 100.0 Å². The molecule has 1 N–H and O–H groups in total. The van der Waals surface area contributed by atoms with Gasteiger partial charge in [0.1, 0.15) is 18.2 Å². The van der Waals surface area contributed by atoms with E-state index in [4.69, 9.17) is 18.9 Å². The lowest BCUT2D eigenvalue weighted by Gasteiger charge is -2.36. The number of benzene rings is 2. The minimum absolute atomic E-state index is 0.0371. The summed E-state index contributed by atoms with van der Waals surface area (Å²) in [4.78, 5) is 68.1. The van der Waals surface area contributed by atoms with Gasteiger partial charge in [-0.25, -0.2) is 14.3 Å². The van der Waals surface area contributed by atoms with E-state index in [1.807, 2.05) is 36.4 Å². The van der Waals surface area contributed by atoms with Gasteiger partial charge in [-0.3, -0.25) is 14.4 Å². The first kappa shape index (κ1) is 37.4. The third kappa shape index (κ3) is 10.8. The second-order valence-corrected chi connectivity index (χ2v) is 12.6. The molecule has 3 aromatic rings. The second kappa shape index (κ2) is 17.3. The van der Waals surface area contributed by atoms with Crippen LogP contribution in [0.2, 0.25) is 0 Å². The van der Waals surface area contributed by atoms with Gasteiger partial charge in [0.05, 0.1) is 12.3 Å². The van der Waals surface area contributed by atoms with Crippen molar-refractivity contribution in [1.29, 1.82) is 0 Å². The van der Waals surface area contributed by atoms with Crippen LogP contribution in [0.5, 0.6) is 5.88 Å². The predicted octanol–water partition coefficient (Wildman–Crippen LogP) is 3.90. The number of carbonyl (C=O) groups is 5. The largest absolute Gasteiger partial charge is 0.463 e. The number of amides is 3. The molecule has 1 fully saturated rings. The zero-order valence-corrected chi connectivity index (χ0v) is 29.1. The fourth-order valence-electron chi connectivity index (χ4n) is 5.08. The van der Waals surface area contributed by atoms with Crippen molar-refractivity contribution >= 4 is 29.8 Å². The summed E-state index contributed by atoms with van der Waals surface area (Å²) < 4.78 is 23.3. The molecule has 4 rings (SSSR count). The first-order valence-corrected chi connectivity index (χ1v) is 16.6. The summed E-state index contributed by atoms with van der Waals surface area (Å²) in [5.41, 5.74) is 0.562. The van der Waals surface area contributed by atoms with Crippen LogP contribution >= 0.6 is 0 Å². The first-order chi connectivity index (χ1) is 23.8. The number of nitrogens with zero attached hydrogens (tertiary/aromatic N) is 4. The number of hydrogen-bond donors (Lipinski definition) is 1. The Morgan fingerprint density at radius 2 is 1.50 bits per heavy atom. The summed E-state index contributed by atoms with van der Waals surface area (Å²) >= 11 is 0. The van der Waals surface area contributed by atoms with E-state index in [-0.39, 0.29) is 63.8 Å². The lowest BCUT2D eigenvalue weighted by atomic mass is 10.1. The van der Waals surface area contributed by atoms with Gasteiger partial charge in [0.15, 0.2) is 11.8 Å². The van der Waals surface area contributed by atoms with Gasteiger partial charge in [-0.05, 0) is 58.7 Å². The van der Waals surface area contributed by atoms with E-state index in [2.05, 4.69) is 10.4 Å². The Hall–Kier alpha value is -5.40. The summed E-state index contributed by atoms with van der Waals surface area (Å²) in [6.07, 6.45) is -1.68. The molecule has 0 spiro atoms. The molecule has 3 amide bonds. The molecular weight excluding hydrogens is 646 g/mol. The van der Waals surface area contributed by atoms with Crippen molar-refractivity contribution in [3.8, 4) is 11.6 Å². The minimum Gasteiger partial charge on any atom is -0.463 e. The summed E-state index contributed by atoms with van der Waals surface area (Å²) in [7, 11) is 0. The van der Waals surface area contributed by atoms with Crippen molar-refractivity contribution in [3.63, 3.8) is 0 Å². The minimum atomic E-state index is -1.11. The third-order valence-electron chi connectivity index (χ3n) is 7.54. The van der Waals surface area contributed by atoms with Crippen LogP contribution < -0.4 is 10.1 Å². The third-order valence-corrected chi connectivity index (χ3v) is 7.54. The molecule has 1 aromatic heterocycles. The van der Waals surface area contributed by atoms with Crippen LogP contribution in [0.1, 0.15) is 63.5 Å².